The molecule has 8 rings (SSSR count). The first-order chi connectivity index (χ1) is 29.9. The number of aliphatic hydroxyl groups is 10. The average Bonchev–Trinajstić information content (AvgIpc) is 3.24. The fourth-order valence-electron chi connectivity index (χ4n) is 14.7. The molecule has 22 atom stereocenters. The van der Waals surface area contributed by atoms with Gasteiger partial charge in [-0.3, -0.25) is 4.79 Å². The molecular formula is C47H76O17. The van der Waals surface area contributed by atoms with Crippen molar-refractivity contribution in [3.63, 3.8) is 0 Å². The number of carbonyl (C=O) groups is 1. The van der Waals surface area contributed by atoms with Gasteiger partial charge in [-0.25, -0.2) is 0 Å². The van der Waals surface area contributed by atoms with Crippen LogP contribution in [0.25, 0.3) is 0 Å². The van der Waals surface area contributed by atoms with Crippen molar-refractivity contribution in [1.29, 1.82) is 0 Å². The molecule has 0 aromatic heterocycles. The Morgan fingerprint density at radius 2 is 1.30 bits per heavy atom. The molecule has 0 amide bonds. The smallest absolute Gasteiger partial charge is 0.315 e. The molecule has 4 saturated carbocycles. The summed E-state index contributed by atoms with van der Waals surface area (Å²) in [6, 6.07) is 0. The van der Waals surface area contributed by atoms with E-state index in [1.54, 1.807) is 0 Å². The topological polar surface area (TPSA) is 275 Å². The number of fused-ring (bicyclic) bond motifs is 7. The van der Waals surface area contributed by atoms with E-state index in [2.05, 4.69) is 54.5 Å². The van der Waals surface area contributed by atoms with Gasteiger partial charge in [0.05, 0.1) is 31.3 Å². The molecule has 17 heteroatoms. The van der Waals surface area contributed by atoms with Crippen molar-refractivity contribution in [2.45, 2.75) is 205 Å². The molecule has 0 aromatic carbocycles. The van der Waals surface area contributed by atoms with Crippen LogP contribution in [0.5, 0.6) is 0 Å². The van der Waals surface area contributed by atoms with Crippen LogP contribution in [0.2, 0.25) is 0 Å². The minimum atomic E-state index is -1.68. The van der Waals surface area contributed by atoms with Crippen LogP contribution in [0.15, 0.2) is 11.6 Å². The third-order valence-electron chi connectivity index (χ3n) is 18.9. The van der Waals surface area contributed by atoms with Crippen molar-refractivity contribution in [2.24, 2.45) is 50.2 Å². The summed E-state index contributed by atoms with van der Waals surface area (Å²) in [7, 11) is 0. The van der Waals surface area contributed by atoms with Gasteiger partial charge >= 0.3 is 5.97 Å². The number of carbonyl (C=O) groups excluding carboxylic acids is 1. The molecule has 7 fully saturated rings. The minimum absolute atomic E-state index is 0.0507. The van der Waals surface area contributed by atoms with E-state index in [1.807, 2.05) is 0 Å². The van der Waals surface area contributed by atoms with Gasteiger partial charge in [0, 0.05) is 0 Å². The second-order valence-corrected chi connectivity index (χ2v) is 23.0. The summed E-state index contributed by atoms with van der Waals surface area (Å²) in [5.41, 5.74) is -0.599. The first-order valence-electron chi connectivity index (χ1n) is 23.7. The van der Waals surface area contributed by atoms with E-state index in [-0.39, 0.29) is 46.0 Å². The van der Waals surface area contributed by atoms with Crippen LogP contribution in [0, 0.1) is 50.2 Å². The van der Waals surface area contributed by atoms with Crippen molar-refractivity contribution in [1.82, 2.24) is 0 Å². The monoisotopic (exact) mass is 913 g/mol. The van der Waals surface area contributed by atoms with Crippen molar-refractivity contribution in [3.05, 3.63) is 11.6 Å². The third-order valence-corrected chi connectivity index (χ3v) is 18.9. The number of aliphatic hydroxyl groups excluding tert-OH is 10. The Morgan fingerprint density at radius 1 is 0.672 bits per heavy atom. The zero-order valence-corrected chi connectivity index (χ0v) is 38.5. The van der Waals surface area contributed by atoms with E-state index < -0.39 is 122 Å². The molecule has 64 heavy (non-hydrogen) atoms. The molecule has 8 aliphatic rings. The maximum Gasteiger partial charge on any atom is 0.315 e. The van der Waals surface area contributed by atoms with Crippen LogP contribution >= 0.6 is 0 Å². The van der Waals surface area contributed by atoms with Gasteiger partial charge in [0.25, 0.3) is 0 Å². The van der Waals surface area contributed by atoms with Gasteiger partial charge in [-0.2, -0.15) is 0 Å². The molecule has 0 unspecified atom stereocenters. The Morgan fingerprint density at radius 3 is 1.97 bits per heavy atom. The molecule has 3 saturated heterocycles. The molecule has 10 N–H and O–H groups in total. The first kappa shape index (κ1) is 49.0. The summed E-state index contributed by atoms with van der Waals surface area (Å²) in [5, 5.41) is 105. The standard InChI is InChI=1S/C47H76O17/c1-42(2)14-16-47(41(58)64-39-36(57)33(54)31(52)25(19-48)60-39)17-15-45(6)22(23(47)18-42)8-9-28-44(5)12-11-29(43(3,4)27(44)10-13-46(28,45)7)62-40-37(34(55)32(53)26(20-49)61-40)63-38-35(56)30(51)24(50)21-59-38/h8,23-40,48-57H,9-21H2,1-7H3/t23-,24-,25-,26+,27-,28-,29+,30+,31-,32+,33-,34+,35+,36-,37-,38+,39+,40-,44-,45+,46-,47-/m1/s1. The van der Waals surface area contributed by atoms with Crippen LogP contribution in [0.4, 0.5) is 0 Å². The number of allylic oxidation sites excluding steroid dienone is 2. The summed E-state index contributed by atoms with van der Waals surface area (Å²) in [4.78, 5) is 14.7. The fourth-order valence-corrected chi connectivity index (χ4v) is 14.7. The molecule has 0 spiro atoms. The Hall–Kier alpha value is -1.39. The summed E-state index contributed by atoms with van der Waals surface area (Å²) < 4.78 is 36.0. The normalized spacial score (nSPS) is 53.4. The molecule has 0 bridgehead atoms. The lowest BCUT2D eigenvalue weighted by Crippen LogP contribution is -2.66. The quantitative estimate of drug-likeness (QED) is 0.0916. The zero-order chi connectivity index (χ0) is 46.7. The van der Waals surface area contributed by atoms with Crippen LogP contribution in [0.3, 0.4) is 0 Å². The van der Waals surface area contributed by atoms with Crippen molar-refractivity contribution in [3.8, 4) is 0 Å². The first-order valence-corrected chi connectivity index (χ1v) is 23.7. The minimum Gasteiger partial charge on any atom is -0.432 e. The van der Waals surface area contributed by atoms with Gasteiger partial charge < -0.3 is 79.5 Å². The highest BCUT2D eigenvalue weighted by molar-refractivity contribution is 5.79. The summed E-state index contributed by atoms with van der Waals surface area (Å²) in [5.74, 6) is -0.147. The van der Waals surface area contributed by atoms with Crippen LogP contribution < -0.4 is 0 Å². The maximum atomic E-state index is 14.7. The van der Waals surface area contributed by atoms with Gasteiger partial charge in [-0.1, -0.05) is 60.1 Å². The highest BCUT2D eigenvalue weighted by Crippen LogP contribution is 2.76. The van der Waals surface area contributed by atoms with E-state index in [9.17, 15) is 55.9 Å². The van der Waals surface area contributed by atoms with Gasteiger partial charge in [0.2, 0.25) is 6.29 Å². The number of rotatable bonds is 8. The molecule has 3 heterocycles. The lowest BCUT2D eigenvalue weighted by molar-refractivity contribution is -0.370. The summed E-state index contributed by atoms with van der Waals surface area (Å²) in [6.07, 6.45) is -11.1. The molecule has 5 aliphatic carbocycles. The zero-order valence-electron chi connectivity index (χ0n) is 38.5. The van der Waals surface area contributed by atoms with Gasteiger partial charge in [-0.15, -0.1) is 0 Å². The predicted molar refractivity (Wildman–Crippen MR) is 224 cm³/mol. The van der Waals surface area contributed by atoms with E-state index in [0.717, 1.165) is 44.9 Å². The lowest BCUT2D eigenvalue weighted by atomic mass is 9.33. The second-order valence-electron chi connectivity index (χ2n) is 23.0. The van der Waals surface area contributed by atoms with Crippen LogP contribution in [-0.2, 0) is 33.2 Å². The van der Waals surface area contributed by atoms with Crippen molar-refractivity contribution in [2.75, 3.05) is 19.8 Å². The molecule has 366 valence electrons. The Labute approximate surface area is 376 Å². The summed E-state index contributed by atoms with van der Waals surface area (Å²) in [6.45, 7) is 14.6. The SMILES string of the molecule is CC1(C)CC[C@@]2(C(=O)O[C@@H]3O[C@H](CO)[C@@H](O)[C@@H](O)[C@H]3O)CC[C@@]3(C)C(=CC[C@@H]4[C@]5(C)CC[C@H](O[C@H]6O[C@@H](CO)[C@H](O)[C@H](O)[C@H]6O[C@@H]6OC[C@@H](O)[C@H](O)[C@@H]6O)C(C)(C)[C@H]5CC[C@]43C)[C@H]2C1. The maximum absolute atomic E-state index is 14.7. The lowest BCUT2D eigenvalue weighted by Gasteiger charge is -2.71. The number of hydrogen-bond acceptors (Lipinski definition) is 17. The van der Waals surface area contributed by atoms with Crippen molar-refractivity contribution < 1.29 is 84.3 Å². The van der Waals surface area contributed by atoms with Gasteiger partial charge in [0.15, 0.2) is 12.6 Å². The fraction of sp³-hybridized carbons (Fsp3) is 0.936. The predicted octanol–water partition coefficient (Wildman–Crippen LogP) is 0.780. The molecule has 17 nitrogen and oxygen atoms in total. The molecule has 0 aromatic rings. The largest absolute Gasteiger partial charge is 0.432 e. The van der Waals surface area contributed by atoms with Crippen LogP contribution in [-0.4, -0.2) is 169 Å². The van der Waals surface area contributed by atoms with E-state index in [4.69, 9.17) is 28.4 Å². The Bertz CT molecular complexity index is 1740. The highest BCUT2D eigenvalue weighted by atomic mass is 16.8. The molecule has 3 aliphatic heterocycles. The van der Waals surface area contributed by atoms with Gasteiger partial charge in [0.1, 0.15) is 67.1 Å². The molecular weight excluding hydrogens is 836 g/mol. The van der Waals surface area contributed by atoms with Crippen molar-refractivity contribution >= 4 is 5.97 Å². The van der Waals surface area contributed by atoms with Gasteiger partial charge in [-0.05, 0) is 109 Å². The molecule has 0 radical (unpaired) electrons. The Balaban J connectivity index is 1.04. The number of hydrogen-bond donors (Lipinski definition) is 10. The third kappa shape index (κ3) is 7.58. The number of esters is 1. The van der Waals surface area contributed by atoms with E-state index in [0.29, 0.717) is 19.3 Å². The second kappa shape index (κ2) is 17.2. The summed E-state index contributed by atoms with van der Waals surface area (Å²) >= 11 is 0. The highest BCUT2D eigenvalue weighted by Gasteiger charge is 2.70. The van der Waals surface area contributed by atoms with Crippen LogP contribution in [0.1, 0.15) is 113 Å². The van der Waals surface area contributed by atoms with E-state index >= 15 is 0 Å². The average molecular weight is 913 g/mol. The van der Waals surface area contributed by atoms with E-state index in [1.165, 1.54) is 5.57 Å². The number of ether oxygens (including phenoxy) is 6. The Kier molecular flexibility index (Phi) is 13.2.